The molecule has 4 aliphatic carbocycles. The second-order valence-corrected chi connectivity index (χ2v) is 11.8. The van der Waals surface area contributed by atoms with Gasteiger partial charge in [0.25, 0.3) is 0 Å². The molecule has 0 aromatic rings. The maximum absolute atomic E-state index is 10.2. The first kappa shape index (κ1) is 21.4. The summed E-state index contributed by atoms with van der Waals surface area (Å²) in [7, 11) is 0. The third-order valence-corrected chi connectivity index (χ3v) is 9.88. The average molecular weight is 397 g/mol. The van der Waals surface area contributed by atoms with Gasteiger partial charge in [-0.1, -0.05) is 65.3 Å². The quantitative estimate of drug-likeness (QED) is 0.488. The molecule has 0 heterocycles. The molecule has 1 nitrogen and oxygen atoms in total. The number of hydrogen-bond donors (Lipinski definition) is 1. The molecular formula is C28H44O. The van der Waals surface area contributed by atoms with Crippen LogP contribution in [0.3, 0.4) is 0 Å². The molecule has 4 rings (SSSR count). The van der Waals surface area contributed by atoms with Crippen LogP contribution < -0.4 is 0 Å². The Morgan fingerprint density at radius 3 is 2.48 bits per heavy atom. The zero-order valence-electron chi connectivity index (χ0n) is 19.8. The molecule has 0 saturated heterocycles. The first-order valence-corrected chi connectivity index (χ1v) is 12.5. The van der Waals surface area contributed by atoms with E-state index < -0.39 is 0 Å². The maximum Gasteiger partial charge on any atom is 0.0543 e. The standard InChI is InChI=1S/C28H44O/c1-18(2)19(3)7-8-20(4)24-11-12-25-23-10-9-21-17-22(29)13-15-27(21,5)26(23)14-16-28(24,25)6/h7-8,12,18-22,24,29H,9-11,13-17H2,1-6H3/b8-7+/t19-,20-,21+,22-,24+,27-,28+/m0/s1. The average Bonchev–Trinajstić information content (AvgIpc) is 3.03. The van der Waals surface area contributed by atoms with Gasteiger partial charge in [-0.05, 0) is 103 Å². The van der Waals surface area contributed by atoms with Gasteiger partial charge >= 0.3 is 0 Å². The van der Waals surface area contributed by atoms with Crippen LogP contribution in [-0.4, -0.2) is 11.2 Å². The highest BCUT2D eigenvalue weighted by Gasteiger charge is 2.52. The van der Waals surface area contributed by atoms with E-state index in [-0.39, 0.29) is 6.10 Å². The molecule has 0 aliphatic heterocycles. The van der Waals surface area contributed by atoms with Gasteiger partial charge in [0, 0.05) is 0 Å². The van der Waals surface area contributed by atoms with Crippen molar-refractivity contribution >= 4 is 0 Å². The van der Waals surface area contributed by atoms with Crippen molar-refractivity contribution in [3.63, 3.8) is 0 Å². The van der Waals surface area contributed by atoms with E-state index in [9.17, 15) is 5.11 Å². The van der Waals surface area contributed by atoms with Crippen molar-refractivity contribution in [1.82, 2.24) is 0 Å². The van der Waals surface area contributed by atoms with Crippen molar-refractivity contribution in [2.75, 3.05) is 0 Å². The Balaban J connectivity index is 1.58. The molecule has 1 N–H and O–H groups in total. The lowest BCUT2D eigenvalue weighted by atomic mass is 9.51. The van der Waals surface area contributed by atoms with Crippen LogP contribution >= 0.6 is 0 Å². The molecule has 0 aromatic carbocycles. The summed E-state index contributed by atoms with van der Waals surface area (Å²) in [6.07, 6.45) is 17.2. The molecule has 29 heavy (non-hydrogen) atoms. The second-order valence-electron chi connectivity index (χ2n) is 11.8. The molecule has 0 aromatic heterocycles. The number of allylic oxidation sites excluding steroid dienone is 6. The Hall–Kier alpha value is -0.820. The fourth-order valence-electron chi connectivity index (χ4n) is 7.37. The van der Waals surface area contributed by atoms with Crippen LogP contribution in [0.1, 0.15) is 92.9 Å². The van der Waals surface area contributed by atoms with Crippen LogP contribution in [-0.2, 0) is 0 Å². The van der Waals surface area contributed by atoms with Crippen molar-refractivity contribution in [3.8, 4) is 0 Å². The minimum absolute atomic E-state index is 0.0555. The summed E-state index contributed by atoms with van der Waals surface area (Å²) >= 11 is 0. The Bertz CT molecular complexity index is 725. The molecule has 162 valence electrons. The Morgan fingerprint density at radius 2 is 1.76 bits per heavy atom. The van der Waals surface area contributed by atoms with E-state index in [2.05, 4.69) is 59.8 Å². The fourth-order valence-corrected chi connectivity index (χ4v) is 7.37. The largest absolute Gasteiger partial charge is 0.393 e. The van der Waals surface area contributed by atoms with Crippen molar-refractivity contribution in [2.24, 2.45) is 40.4 Å². The summed E-state index contributed by atoms with van der Waals surface area (Å²) in [5.74, 6) is 3.48. The number of rotatable bonds is 4. The molecule has 1 fully saturated rings. The predicted molar refractivity (Wildman–Crippen MR) is 124 cm³/mol. The highest BCUT2D eigenvalue weighted by molar-refractivity contribution is 5.49. The lowest BCUT2D eigenvalue weighted by Gasteiger charge is -2.53. The van der Waals surface area contributed by atoms with Crippen molar-refractivity contribution < 1.29 is 5.11 Å². The highest BCUT2D eigenvalue weighted by atomic mass is 16.3. The Kier molecular flexibility index (Phi) is 5.69. The van der Waals surface area contributed by atoms with E-state index in [1.807, 2.05) is 0 Å². The summed E-state index contributed by atoms with van der Waals surface area (Å²) in [5, 5.41) is 10.2. The molecule has 4 aliphatic rings. The summed E-state index contributed by atoms with van der Waals surface area (Å²) in [6.45, 7) is 14.6. The monoisotopic (exact) mass is 396 g/mol. The minimum atomic E-state index is -0.0555. The normalized spacial score (nSPS) is 41.8. The smallest absolute Gasteiger partial charge is 0.0543 e. The van der Waals surface area contributed by atoms with Crippen LogP contribution in [0.5, 0.6) is 0 Å². The highest BCUT2D eigenvalue weighted by Crippen LogP contribution is 2.64. The molecular weight excluding hydrogens is 352 g/mol. The van der Waals surface area contributed by atoms with E-state index in [1.54, 1.807) is 16.7 Å². The summed E-state index contributed by atoms with van der Waals surface area (Å²) in [5.41, 5.74) is 5.99. The number of hydrogen-bond acceptors (Lipinski definition) is 1. The topological polar surface area (TPSA) is 20.2 Å². The molecule has 0 amide bonds. The van der Waals surface area contributed by atoms with Crippen LogP contribution in [0.4, 0.5) is 0 Å². The van der Waals surface area contributed by atoms with Crippen LogP contribution in [0.2, 0.25) is 0 Å². The zero-order valence-corrected chi connectivity index (χ0v) is 19.8. The van der Waals surface area contributed by atoms with Gasteiger partial charge in [-0.15, -0.1) is 0 Å². The lowest BCUT2D eigenvalue weighted by Crippen LogP contribution is -2.44. The molecule has 0 spiro atoms. The third-order valence-electron chi connectivity index (χ3n) is 9.88. The van der Waals surface area contributed by atoms with Crippen LogP contribution in [0.15, 0.2) is 34.9 Å². The lowest BCUT2D eigenvalue weighted by molar-refractivity contribution is 0.0229. The Morgan fingerprint density at radius 1 is 1.00 bits per heavy atom. The van der Waals surface area contributed by atoms with Crippen molar-refractivity contribution in [1.29, 1.82) is 0 Å². The molecule has 0 bridgehead atoms. The van der Waals surface area contributed by atoms with Crippen molar-refractivity contribution in [2.45, 2.75) is 99.0 Å². The van der Waals surface area contributed by atoms with E-state index in [1.165, 1.54) is 38.5 Å². The molecule has 1 saturated carbocycles. The molecule has 0 radical (unpaired) electrons. The molecule has 7 atom stereocenters. The summed E-state index contributed by atoms with van der Waals surface area (Å²) in [4.78, 5) is 0. The number of aliphatic hydroxyl groups excluding tert-OH is 1. The Labute approximate surface area is 179 Å². The van der Waals surface area contributed by atoms with E-state index in [0.717, 1.165) is 24.7 Å². The van der Waals surface area contributed by atoms with E-state index in [0.29, 0.717) is 28.6 Å². The van der Waals surface area contributed by atoms with Gasteiger partial charge in [0.15, 0.2) is 0 Å². The first-order valence-electron chi connectivity index (χ1n) is 12.5. The zero-order chi connectivity index (χ0) is 21.0. The fraction of sp³-hybridized carbons (Fsp3) is 0.786. The predicted octanol–water partition coefficient (Wildman–Crippen LogP) is 7.47. The SMILES string of the molecule is CC(C)[C@@H](C)/C=C/[C@H](C)[C@H]1CC=C2C3=C(CC[C@@]21C)[C@@]1(C)CC[C@H](O)C[C@H]1CC3. The van der Waals surface area contributed by atoms with Gasteiger partial charge in [0.05, 0.1) is 6.10 Å². The minimum Gasteiger partial charge on any atom is -0.393 e. The summed E-state index contributed by atoms with van der Waals surface area (Å²) in [6, 6.07) is 0. The van der Waals surface area contributed by atoms with Crippen molar-refractivity contribution in [3.05, 3.63) is 34.9 Å². The van der Waals surface area contributed by atoms with Gasteiger partial charge in [-0.2, -0.15) is 0 Å². The number of aliphatic hydroxyl groups is 1. The third kappa shape index (κ3) is 3.50. The molecule has 0 unspecified atom stereocenters. The van der Waals surface area contributed by atoms with Gasteiger partial charge in [0.1, 0.15) is 0 Å². The number of fused-ring (bicyclic) bond motifs is 4. The van der Waals surface area contributed by atoms with Crippen LogP contribution in [0.25, 0.3) is 0 Å². The molecule has 1 heteroatoms. The van der Waals surface area contributed by atoms with Gasteiger partial charge in [-0.3, -0.25) is 0 Å². The summed E-state index contributed by atoms with van der Waals surface area (Å²) < 4.78 is 0. The van der Waals surface area contributed by atoms with Crippen LogP contribution in [0, 0.1) is 40.4 Å². The maximum atomic E-state index is 10.2. The first-order chi connectivity index (χ1) is 13.7. The van der Waals surface area contributed by atoms with E-state index >= 15 is 0 Å². The second kappa shape index (κ2) is 7.70. The van der Waals surface area contributed by atoms with E-state index in [4.69, 9.17) is 0 Å². The van der Waals surface area contributed by atoms with Gasteiger partial charge < -0.3 is 5.11 Å². The van der Waals surface area contributed by atoms with Gasteiger partial charge in [-0.25, -0.2) is 0 Å². The van der Waals surface area contributed by atoms with Gasteiger partial charge in [0.2, 0.25) is 0 Å².